The van der Waals surface area contributed by atoms with Gasteiger partial charge in [-0.05, 0) is 34.0 Å². The van der Waals surface area contributed by atoms with Gasteiger partial charge in [-0.25, -0.2) is 9.97 Å². The Hall–Kier alpha value is -1.76. The molecule has 0 bridgehead atoms. The zero-order valence-corrected chi connectivity index (χ0v) is 11.5. The van der Waals surface area contributed by atoms with E-state index in [0.29, 0.717) is 11.6 Å². The van der Waals surface area contributed by atoms with Crippen LogP contribution in [0.25, 0.3) is 22.3 Å². The maximum Gasteiger partial charge on any atom is 0.180 e. The molecule has 0 saturated heterocycles. The lowest BCUT2D eigenvalue weighted by molar-refractivity contribution is 1.14. The summed E-state index contributed by atoms with van der Waals surface area (Å²) in [4.78, 5) is 13.0. The van der Waals surface area contributed by atoms with Crippen molar-refractivity contribution < 1.29 is 0 Å². The number of pyridine rings is 1. The monoisotopic (exact) mass is 348 g/mol. The van der Waals surface area contributed by atoms with Crippen LogP contribution in [-0.4, -0.2) is 15.0 Å². The Morgan fingerprint density at radius 2 is 1.89 bits per heavy atom. The van der Waals surface area contributed by atoms with Crippen LogP contribution < -0.4 is 5.73 Å². The normalized spacial score (nSPS) is 10.7. The third-order valence-corrected chi connectivity index (χ3v) is 3.49. The van der Waals surface area contributed by atoms with Gasteiger partial charge < -0.3 is 5.73 Å². The van der Waals surface area contributed by atoms with E-state index in [9.17, 15) is 0 Å². The smallest absolute Gasteiger partial charge is 0.180 e. The summed E-state index contributed by atoms with van der Waals surface area (Å²) in [6, 6.07) is 9.99. The number of nitrogens with two attached hydrogens (primary N) is 1. The number of rotatable bonds is 1. The molecule has 2 N–H and O–H groups in total. The van der Waals surface area contributed by atoms with Gasteiger partial charge in [-0.3, -0.25) is 4.98 Å². The second kappa shape index (κ2) is 4.49. The largest absolute Gasteiger partial charge is 0.383 e. The van der Waals surface area contributed by atoms with E-state index in [2.05, 4.69) is 37.5 Å². The fraction of sp³-hybridized carbons (Fsp3) is 0. The minimum atomic E-state index is 0.482. The van der Waals surface area contributed by atoms with Gasteiger partial charge in [0.25, 0.3) is 0 Å². The molecule has 0 aliphatic heterocycles. The van der Waals surface area contributed by atoms with Gasteiger partial charge in [0.15, 0.2) is 5.82 Å². The summed E-state index contributed by atoms with van der Waals surface area (Å²) in [6.07, 6.45) is 3.47. The summed E-state index contributed by atoms with van der Waals surface area (Å²) in [5.74, 6) is 1.04. The summed E-state index contributed by atoms with van der Waals surface area (Å²) in [7, 11) is 0. The van der Waals surface area contributed by atoms with E-state index in [-0.39, 0.29) is 0 Å². The lowest BCUT2D eigenvalue weighted by Gasteiger charge is -2.05. The average molecular weight is 348 g/mol. The molecule has 0 saturated carbocycles. The van der Waals surface area contributed by atoms with Crippen molar-refractivity contribution >= 4 is 39.2 Å². The van der Waals surface area contributed by atoms with Crippen LogP contribution in [0.2, 0.25) is 0 Å². The minimum absolute atomic E-state index is 0.482. The Morgan fingerprint density at radius 1 is 1.06 bits per heavy atom. The highest BCUT2D eigenvalue weighted by molar-refractivity contribution is 14.1. The standard InChI is InChI=1S/C13H9IN4/c14-10-7-17-13(18-12(10)15)11-9-4-2-1-3-8(9)5-6-16-11/h1-7H,(H2,15,17,18). The van der Waals surface area contributed by atoms with Gasteiger partial charge in [0.2, 0.25) is 0 Å². The average Bonchev–Trinajstić information content (AvgIpc) is 2.41. The highest BCUT2D eigenvalue weighted by Gasteiger charge is 2.09. The van der Waals surface area contributed by atoms with Gasteiger partial charge in [0.1, 0.15) is 11.5 Å². The zero-order valence-electron chi connectivity index (χ0n) is 9.34. The van der Waals surface area contributed by atoms with Crippen molar-refractivity contribution in [1.82, 2.24) is 15.0 Å². The molecule has 0 aliphatic carbocycles. The van der Waals surface area contributed by atoms with Gasteiger partial charge in [0, 0.05) is 17.8 Å². The number of nitrogen functional groups attached to an aromatic ring is 1. The zero-order chi connectivity index (χ0) is 12.5. The lowest BCUT2D eigenvalue weighted by Crippen LogP contribution is -1.99. The van der Waals surface area contributed by atoms with Crippen LogP contribution in [0.1, 0.15) is 0 Å². The molecular weight excluding hydrogens is 339 g/mol. The highest BCUT2D eigenvalue weighted by Crippen LogP contribution is 2.24. The molecule has 0 amide bonds. The van der Waals surface area contributed by atoms with Crippen LogP contribution in [0.3, 0.4) is 0 Å². The molecule has 0 atom stereocenters. The molecule has 3 aromatic rings. The van der Waals surface area contributed by atoms with Crippen molar-refractivity contribution in [2.24, 2.45) is 0 Å². The Balaban J connectivity index is 2.28. The first kappa shape index (κ1) is 11.3. The number of anilines is 1. The third kappa shape index (κ3) is 1.90. The lowest BCUT2D eigenvalue weighted by atomic mass is 10.1. The molecule has 0 unspecified atom stereocenters. The number of fused-ring (bicyclic) bond motifs is 1. The Morgan fingerprint density at radius 3 is 2.72 bits per heavy atom. The highest BCUT2D eigenvalue weighted by atomic mass is 127. The van der Waals surface area contributed by atoms with Gasteiger partial charge in [0.05, 0.1) is 3.57 Å². The molecule has 0 aliphatic rings. The van der Waals surface area contributed by atoms with E-state index in [1.54, 1.807) is 12.4 Å². The first-order valence-corrected chi connectivity index (χ1v) is 6.46. The predicted molar refractivity (Wildman–Crippen MR) is 79.9 cm³/mol. The molecular formula is C13H9IN4. The van der Waals surface area contributed by atoms with Gasteiger partial charge in [-0.15, -0.1) is 0 Å². The van der Waals surface area contributed by atoms with Crippen molar-refractivity contribution in [3.05, 3.63) is 46.3 Å². The molecule has 18 heavy (non-hydrogen) atoms. The van der Waals surface area contributed by atoms with Crippen molar-refractivity contribution in [3.63, 3.8) is 0 Å². The maximum absolute atomic E-state index is 5.82. The second-order valence-electron chi connectivity index (χ2n) is 3.81. The minimum Gasteiger partial charge on any atom is -0.383 e. The Bertz CT molecular complexity index is 722. The fourth-order valence-electron chi connectivity index (χ4n) is 1.79. The first-order valence-electron chi connectivity index (χ1n) is 5.38. The molecule has 1 aromatic carbocycles. The van der Waals surface area contributed by atoms with Crippen LogP contribution in [0.15, 0.2) is 42.7 Å². The van der Waals surface area contributed by atoms with Gasteiger partial charge in [-0.1, -0.05) is 24.3 Å². The van der Waals surface area contributed by atoms with E-state index >= 15 is 0 Å². The molecule has 88 valence electrons. The molecule has 0 fully saturated rings. The predicted octanol–water partition coefficient (Wildman–Crippen LogP) is 2.88. The van der Waals surface area contributed by atoms with Crippen molar-refractivity contribution in [2.45, 2.75) is 0 Å². The summed E-state index contributed by atoms with van der Waals surface area (Å²) in [5, 5.41) is 2.14. The number of hydrogen-bond acceptors (Lipinski definition) is 4. The van der Waals surface area contributed by atoms with Crippen LogP contribution in [-0.2, 0) is 0 Å². The number of halogens is 1. The molecule has 0 spiro atoms. The summed E-state index contributed by atoms with van der Waals surface area (Å²) in [6.45, 7) is 0. The van der Waals surface area contributed by atoms with Gasteiger partial charge in [-0.2, -0.15) is 0 Å². The van der Waals surface area contributed by atoms with Crippen LogP contribution in [0.5, 0.6) is 0 Å². The maximum atomic E-state index is 5.82. The van der Waals surface area contributed by atoms with E-state index < -0.39 is 0 Å². The molecule has 2 aromatic heterocycles. The summed E-state index contributed by atoms with van der Waals surface area (Å²) in [5.41, 5.74) is 6.58. The first-order chi connectivity index (χ1) is 8.75. The topological polar surface area (TPSA) is 64.7 Å². The molecule has 0 radical (unpaired) electrons. The van der Waals surface area contributed by atoms with E-state index in [0.717, 1.165) is 20.0 Å². The van der Waals surface area contributed by atoms with E-state index in [1.807, 2.05) is 30.3 Å². The van der Waals surface area contributed by atoms with Crippen molar-refractivity contribution in [1.29, 1.82) is 0 Å². The van der Waals surface area contributed by atoms with E-state index in [4.69, 9.17) is 5.73 Å². The van der Waals surface area contributed by atoms with Crippen molar-refractivity contribution in [2.75, 3.05) is 5.73 Å². The van der Waals surface area contributed by atoms with Gasteiger partial charge >= 0.3 is 0 Å². The van der Waals surface area contributed by atoms with Crippen LogP contribution in [0, 0.1) is 3.57 Å². The third-order valence-electron chi connectivity index (χ3n) is 2.66. The number of hydrogen-bond donors (Lipinski definition) is 1. The Labute approximate surface area is 117 Å². The summed E-state index contributed by atoms with van der Waals surface area (Å²) >= 11 is 2.11. The number of benzene rings is 1. The molecule has 5 heteroatoms. The molecule has 3 rings (SSSR count). The SMILES string of the molecule is Nc1nc(-c2nccc3ccccc23)ncc1I. The fourth-order valence-corrected chi connectivity index (χ4v) is 2.05. The Kier molecular flexibility index (Phi) is 2.83. The molecule has 2 heterocycles. The number of nitrogens with zero attached hydrogens (tertiary/aromatic N) is 3. The summed E-state index contributed by atoms with van der Waals surface area (Å²) < 4.78 is 0.844. The number of aromatic nitrogens is 3. The van der Waals surface area contributed by atoms with Crippen LogP contribution in [0.4, 0.5) is 5.82 Å². The van der Waals surface area contributed by atoms with Crippen LogP contribution >= 0.6 is 22.6 Å². The second-order valence-corrected chi connectivity index (χ2v) is 4.97. The molecule has 4 nitrogen and oxygen atoms in total. The quantitative estimate of drug-likeness (QED) is 0.687. The van der Waals surface area contributed by atoms with Crippen molar-refractivity contribution in [3.8, 4) is 11.5 Å². The van der Waals surface area contributed by atoms with E-state index in [1.165, 1.54) is 0 Å².